The summed E-state index contributed by atoms with van der Waals surface area (Å²) in [5.74, 6) is -11.1. The first-order valence-corrected chi connectivity index (χ1v) is 14.3. The van der Waals surface area contributed by atoms with Crippen molar-refractivity contribution in [2.24, 2.45) is 0 Å². The van der Waals surface area contributed by atoms with E-state index in [1.807, 2.05) is 24.3 Å². The molecule has 5 aromatic carbocycles. The van der Waals surface area contributed by atoms with Crippen LogP contribution in [0.1, 0.15) is 42.9 Å². The Bertz CT molecular complexity index is 1870. The molecule has 5 aromatic rings. The van der Waals surface area contributed by atoms with Crippen molar-refractivity contribution in [2.75, 3.05) is 0 Å². The van der Waals surface area contributed by atoms with Crippen molar-refractivity contribution in [3.8, 4) is 33.4 Å². The van der Waals surface area contributed by atoms with Gasteiger partial charge in [0.25, 0.3) is 0 Å². The van der Waals surface area contributed by atoms with Crippen molar-refractivity contribution in [1.29, 1.82) is 0 Å². The van der Waals surface area contributed by atoms with E-state index >= 15 is 17.6 Å². The van der Waals surface area contributed by atoms with Gasteiger partial charge in [-0.25, -0.2) is 35.1 Å². The van der Waals surface area contributed by atoms with Crippen molar-refractivity contribution in [3.05, 3.63) is 143 Å². The quantitative estimate of drug-likeness (QED) is 0.0664. The molecule has 0 amide bonds. The highest BCUT2D eigenvalue weighted by atomic mass is 19.2. The summed E-state index contributed by atoms with van der Waals surface area (Å²) in [6.45, 7) is 2.14. The van der Waals surface area contributed by atoms with Crippen LogP contribution in [-0.4, -0.2) is 0 Å². The highest BCUT2D eigenvalue weighted by Gasteiger charge is 2.20. The van der Waals surface area contributed by atoms with Gasteiger partial charge in [0.2, 0.25) is 0 Å². The summed E-state index contributed by atoms with van der Waals surface area (Å²) in [5.41, 5.74) is 0.618. The van der Waals surface area contributed by atoms with Crippen LogP contribution < -0.4 is 0 Å². The summed E-state index contributed by atoms with van der Waals surface area (Å²) >= 11 is 0. The number of hydrogen-bond donors (Lipinski definition) is 0. The summed E-state index contributed by atoms with van der Waals surface area (Å²) in [5, 5.41) is 0. The van der Waals surface area contributed by atoms with Crippen LogP contribution in [0.25, 0.3) is 45.0 Å². The molecule has 0 spiro atoms. The molecule has 8 heteroatoms. The molecule has 0 saturated carbocycles. The normalized spacial score (nSPS) is 11.9. The second kappa shape index (κ2) is 13.5. The molecule has 45 heavy (non-hydrogen) atoms. The summed E-state index contributed by atoms with van der Waals surface area (Å²) < 4.78 is 115. The minimum atomic E-state index is -1.74. The molecule has 0 radical (unpaired) electrons. The predicted octanol–water partition coefficient (Wildman–Crippen LogP) is 12.0. The van der Waals surface area contributed by atoms with Gasteiger partial charge in [0.15, 0.2) is 29.1 Å². The fourth-order valence-electron chi connectivity index (χ4n) is 5.07. The predicted molar refractivity (Wildman–Crippen MR) is 161 cm³/mol. The third kappa shape index (κ3) is 6.85. The van der Waals surface area contributed by atoms with Gasteiger partial charge in [-0.1, -0.05) is 74.4 Å². The standard InChI is InChI=1S/C37H26F8/c1-2-3-4-5-21-6-8-22(9-7-21)23-10-13-27(30(38)16-23)24-11-15-29(32(40)17-24)36(44)35(43)25-12-14-28(31(39)18-25)26-19-33(41)37(45)34(42)20-26/h6-20H,2-5H2,1H3/b36-35+. The van der Waals surface area contributed by atoms with Gasteiger partial charge in [-0.05, 0) is 77.1 Å². The average Bonchev–Trinajstić information content (AvgIpc) is 3.03. The summed E-state index contributed by atoms with van der Waals surface area (Å²) in [4.78, 5) is 0. The van der Waals surface area contributed by atoms with E-state index in [4.69, 9.17) is 0 Å². The van der Waals surface area contributed by atoms with Crippen molar-refractivity contribution in [3.63, 3.8) is 0 Å². The van der Waals surface area contributed by atoms with E-state index in [0.29, 0.717) is 23.8 Å². The molecular weight excluding hydrogens is 596 g/mol. The van der Waals surface area contributed by atoms with Crippen molar-refractivity contribution in [2.45, 2.75) is 32.6 Å². The van der Waals surface area contributed by atoms with Crippen LogP contribution in [0.5, 0.6) is 0 Å². The minimum absolute atomic E-state index is 0.0524. The molecule has 0 aliphatic heterocycles. The van der Waals surface area contributed by atoms with Crippen molar-refractivity contribution < 1.29 is 35.1 Å². The number of hydrogen-bond acceptors (Lipinski definition) is 0. The molecule has 0 bridgehead atoms. The van der Waals surface area contributed by atoms with Crippen LogP contribution >= 0.6 is 0 Å². The zero-order valence-electron chi connectivity index (χ0n) is 24.0. The van der Waals surface area contributed by atoms with Crippen LogP contribution in [-0.2, 0) is 6.42 Å². The van der Waals surface area contributed by atoms with E-state index in [1.54, 1.807) is 6.07 Å². The smallest absolute Gasteiger partial charge is 0.194 e. The summed E-state index contributed by atoms with van der Waals surface area (Å²) in [6, 6.07) is 18.9. The topological polar surface area (TPSA) is 0 Å². The van der Waals surface area contributed by atoms with E-state index in [2.05, 4.69) is 6.92 Å². The Kier molecular flexibility index (Phi) is 9.51. The zero-order chi connectivity index (χ0) is 32.2. The van der Waals surface area contributed by atoms with Gasteiger partial charge >= 0.3 is 0 Å². The van der Waals surface area contributed by atoms with E-state index in [9.17, 15) is 17.6 Å². The molecule has 0 N–H and O–H groups in total. The fraction of sp³-hybridized carbons (Fsp3) is 0.135. The van der Waals surface area contributed by atoms with Crippen molar-refractivity contribution >= 4 is 11.7 Å². The molecule has 5 rings (SSSR count). The third-order valence-electron chi connectivity index (χ3n) is 7.55. The lowest BCUT2D eigenvalue weighted by Crippen LogP contribution is -1.95. The maximum absolute atomic E-state index is 15.1. The fourth-order valence-corrected chi connectivity index (χ4v) is 5.07. The van der Waals surface area contributed by atoms with Gasteiger partial charge in [-0.15, -0.1) is 0 Å². The highest BCUT2D eigenvalue weighted by molar-refractivity contribution is 5.85. The monoisotopic (exact) mass is 622 g/mol. The van der Waals surface area contributed by atoms with Crippen LogP contribution in [0.4, 0.5) is 35.1 Å². The highest BCUT2D eigenvalue weighted by Crippen LogP contribution is 2.36. The third-order valence-corrected chi connectivity index (χ3v) is 7.55. The SMILES string of the molecule is CCCCCc1ccc(-c2ccc(-c3ccc(/C(F)=C(\F)c4ccc(-c5cc(F)c(F)c(F)c5)c(F)c4)c(F)c3)c(F)c2)cc1. The largest absolute Gasteiger partial charge is 0.206 e. The maximum Gasteiger partial charge on any atom is 0.194 e. The molecule has 0 saturated heterocycles. The molecule has 0 aromatic heterocycles. The molecule has 230 valence electrons. The molecule has 0 atom stereocenters. The Morgan fingerprint density at radius 2 is 1.04 bits per heavy atom. The first-order valence-electron chi connectivity index (χ1n) is 14.3. The summed E-state index contributed by atoms with van der Waals surface area (Å²) in [6.07, 6.45) is 4.34. The van der Waals surface area contributed by atoms with E-state index in [1.165, 1.54) is 23.8 Å². The van der Waals surface area contributed by atoms with E-state index in [0.717, 1.165) is 55.5 Å². The Labute approximate surface area is 255 Å². The number of rotatable bonds is 9. The zero-order valence-corrected chi connectivity index (χ0v) is 24.0. The molecule has 0 aliphatic carbocycles. The van der Waals surface area contributed by atoms with E-state index < -0.39 is 63.2 Å². The number of unbranched alkanes of at least 4 members (excludes halogenated alkanes) is 2. The average molecular weight is 623 g/mol. The van der Waals surface area contributed by atoms with Gasteiger partial charge < -0.3 is 0 Å². The molecule has 0 aliphatic rings. The Morgan fingerprint density at radius 1 is 0.489 bits per heavy atom. The van der Waals surface area contributed by atoms with Crippen molar-refractivity contribution in [1.82, 2.24) is 0 Å². The van der Waals surface area contributed by atoms with Crippen LogP contribution in [0, 0.1) is 34.9 Å². The Morgan fingerprint density at radius 3 is 1.67 bits per heavy atom. The number of halogens is 8. The van der Waals surface area contributed by atoms with Gasteiger partial charge in [-0.3, -0.25) is 0 Å². The molecule has 0 fully saturated rings. The second-order valence-corrected chi connectivity index (χ2v) is 10.6. The number of benzene rings is 5. The first-order chi connectivity index (χ1) is 21.6. The van der Waals surface area contributed by atoms with Crippen LogP contribution in [0.15, 0.2) is 91.0 Å². The van der Waals surface area contributed by atoms with E-state index in [-0.39, 0.29) is 16.7 Å². The van der Waals surface area contributed by atoms with Gasteiger partial charge in [0.05, 0.1) is 0 Å². The van der Waals surface area contributed by atoms with Crippen LogP contribution in [0.2, 0.25) is 0 Å². The molecule has 0 nitrogen and oxygen atoms in total. The summed E-state index contributed by atoms with van der Waals surface area (Å²) in [7, 11) is 0. The van der Waals surface area contributed by atoms with Gasteiger partial charge in [0.1, 0.15) is 17.5 Å². The maximum atomic E-state index is 15.1. The lowest BCUT2D eigenvalue weighted by molar-refractivity contribution is 0.447. The molecule has 0 heterocycles. The lowest BCUT2D eigenvalue weighted by Gasteiger charge is -2.10. The lowest BCUT2D eigenvalue weighted by atomic mass is 9.97. The van der Waals surface area contributed by atoms with Crippen LogP contribution in [0.3, 0.4) is 0 Å². The van der Waals surface area contributed by atoms with Gasteiger partial charge in [0, 0.05) is 22.3 Å². The minimum Gasteiger partial charge on any atom is -0.206 e. The Hall–Kier alpha value is -4.72. The van der Waals surface area contributed by atoms with Gasteiger partial charge in [-0.2, -0.15) is 0 Å². The number of aryl methyl sites for hydroxylation is 1. The molecular formula is C37H26F8. The second-order valence-electron chi connectivity index (χ2n) is 10.6. The molecule has 0 unspecified atom stereocenters. The Balaban J connectivity index is 1.37. The first kappa shape index (κ1) is 31.7.